The van der Waals surface area contributed by atoms with E-state index in [-0.39, 0.29) is 18.7 Å². The molecule has 0 fully saturated rings. The van der Waals surface area contributed by atoms with Crippen LogP contribution in [0.25, 0.3) is 0 Å². The number of rotatable bonds is 11. The number of carbonyl (C=O) groups is 1. The first-order valence-electron chi connectivity index (χ1n) is 12.3. The number of anilines is 2. The Labute approximate surface area is 261 Å². The van der Waals surface area contributed by atoms with Crippen LogP contribution in [0.5, 0.6) is 11.5 Å². The van der Waals surface area contributed by atoms with Gasteiger partial charge in [0.05, 0.1) is 35.0 Å². The minimum absolute atomic E-state index is 0.0773. The van der Waals surface area contributed by atoms with Gasteiger partial charge in [0.2, 0.25) is 5.91 Å². The zero-order valence-electron chi connectivity index (χ0n) is 21.8. The maximum Gasteiger partial charge on any atom is 0.416 e. The van der Waals surface area contributed by atoms with Crippen molar-refractivity contribution in [2.45, 2.75) is 26.1 Å². The monoisotopic (exact) mass is 700 g/mol. The summed E-state index contributed by atoms with van der Waals surface area (Å²) in [6.45, 7) is 2.42. The summed E-state index contributed by atoms with van der Waals surface area (Å²) < 4.78 is 51.2. The number of thiazole rings is 1. The molecular weight excluding hydrogens is 680 g/mol. The molecule has 0 spiro atoms. The highest BCUT2D eigenvalue weighted by atomic mass is 79.9. The first-order chi connectivity index (χ1) is 20.0. The number of nitrogens with one attached hydrogen (secondary N) is 2. The highest BCUT2D eigenvalue weighted by molar-refractivity contribution is 9.10. The highest BCUT2D eigenvalue weighted by Gasteiger charge is 2.30. The summed E-state index contributed by atoms with van der Waals surface area (Å²) in [6.07, 6.45) is -3.08. The van der Waals surface area contributed by atoms with Crippen molar-refractivity contribution in [2.24, 2.45) is 5.10 Å². The number of hydrazone groups is 1. The lowest BCUT2D eigenvalue weighted by atomic mass is 10.2. The molecular formula is C28H22BrCl2F3N4O3S. The Kier molecular flexibility index (Phi) is 10.7. The molecule has 0 radical (unpaired) electrons. The van der Waals surface area contributed by atoms with Crippen molar-refractivity contribution in [2.75, 3.05) is 11.9 Å². The summed E-state index contributed by atoms with van der Waals surface area (Å²) in [5, 5.41) is 9.85. The molecule has 0 saturated heterocycles. The molecule has 2 N–H and O–H groups in total. The van der Waals surface area contributed by atoms with Gasteiger partial charge in [-0.3, -0.25) is 4.79 Å². The number of halogens is 6. The minimum atomic E-state index is -4.45. The number of alkyl halides is 3. The predicted molar refractivity (Wildman–Crippen MR) is 162 cm³/mol. The summed E-state index contributed by atoms with van der Waals surface area (Å²) in [6, 6.07) is 13.4. The third-order valence-corrected chi connectivity index (χ3v) is 7.44. The maximum absolute atomic E-state index is 12.9. The summed E-state index contributed by atoms with van der Waals surface area (Å²) in [7, 11) is 0. The Morgan fingerprint density at radius 3 is 2.69 bits per heavy atom. The predicted octanol–water partition coefficient (Wildman–Crippen LogP) is 8.65. The SMILES string of the molecule is CCOc1cc(/C=N\NC(=O)Cc2csc(Nc3cccc(C(F)(F)F)c3)n2)cc(Br)c1OCc1ccc(Cl)cc1Cl. The lowest BCUT2D eigenvalue weighted by Gasteiger charge is -2.15. The van der Waals surface area contributed by atoms with E-state index in [0.717, 1.165) is 17.7 Å². The van der Waals surface area contributed by atoms with E-state index in [0.29, 0.717) is 49.0 Å². The number of benzene rings is 3. The van der Waals surface area contributed by atoms with Gasteiger partial charge in [-0.25, -0.2) is 10.4 Å². The second kappa shape index (κ2) is 14.2. The number of nitrogens with zero attached hydrogens (tertiary/aromatic N) is 2. The molecule has 42 heavy (non-hydrogen) atoms. The molecule has 4 aromatic rings. The molecule has 4 rings (SSSR count). The smallest absolute Gasteiger partial charge is 0.416 e. The maximum atomic E-state index is 12.9. The molecule has 14 heteroatoms. The largest absolute Gasteiger partial charge is 0.490 e. The molecule has 1 heterocycles. The Morgan fingerprint density at radius 2 is 1.95 bits per heavy atom. The molecule has 7 nitrogen and oxygen atoms in total. The van der Waals surface area contributed by atoms with Gasteiger partial charge in [0.15, 0.2) is 16.6 Å². The second-order valence-corrected chi connectivity index (χ2v) is 11.2. The normalized spacial score (nSPS) is 11.5. The molecule has 0 aliphatic carbocycles. The van der Waals surface area contributed by atoms with Gasteiger partial charge < -0.3 is 14.8 Å². The number of carbonyl (C=O) groups excluding carboxylic acids is 1. The van der Waals surface area contributed by atoms with Crippen LogP contribution in [0.2, 0.25) is 10.0 Å². The van der Waals surface area contributed by atoms with Crippen LogP contribution in [0.3, 0.4) is 0 Å². The van der Waals surface area contributed by atoms with Crippen LogP contribution in [-0.2, 0) is 24.0 Å². The van der Waals surface area contributed by atoms with E-state index in [4.69, 9.17) is 32.7 Å². The van der Waals surface area contributed by atoms with E-state index in [2.05, 4.69) is 36.8 Å². The summed E-state index contributed by atoms with van der Waals surface area (Å²) in [5.74, 6) is 0.515. The van der Waals surface area contributed by atoms with Gasteiger partial charge in [-0.15, -0.1) is 11.3 Å². The fraction of sp³-hybridized carbons (Fsp3) is 0.179. The van der Waals surface area contributed by atoms with Gasteiger partial charge in [-0.2, -0.15) is 18.3 Å². The van der Waals surface area contributed by atoms with Crippen LogP contribution in [0.1, 0.15) is 29.3 Å². The first-order valence-corrected chi connectivity index (χ1v) is 14.7. The molecule has 0 aliphatic heterocycles. The minimum Gasteiger partial charge on any atom is -0.490 e. The van der Waals surface area contributed by atoms with Gasteiger partial charge >= 0.3 is 6.18 Å². The van der Waals surface area contributed by atoms with Crippen molar-refractivity contribution >= 4 is 73.4 Å². The van der Waals surface area contributed by atoms with E-state index in [9.17, 15) is 18.0 Å². The molecule has 3 aromatic carbocycles. The Morgan fingerprint density at radius 1 is 1.14 bits per heavy atom. The van der Waals surface area contributed by atoms with E-state index in [1.54, 1.807) is 35.7 Å². The van der Waals surface area contributed by atoms with E-state index < -0.39 is 17.6 Å². The summed E-state index contributed by atoms with van der Waals surface area (Å²) >= 11 is 16.9. The van der Waals surface area contributed by atoms with Gasteiger partial charge in [0.1, 0.15) is 6.61 Å². The van der Waals surface area contributed by atoms with Gasteiger partial charge in [0, 0.05) is 26.7 Å². The van der Waals surface area contributed by atoms with Crippen LogP contribution < -0.4 is 20.2 Å². The number of hydrogen-bond donors (Lipinski definition) is 2. The van der Waals surface area contributed by atoms with Crippen molar-refractivity contribution in [1.29, 1.82) is 0 Å². The number of hydrogen-bond acceptors (Lipinski definition) is 7. The quantitative estimate of drug-likeness (QED) is 0.121. The van der Waals surface area contributed by atoms with Crippen LogP contribution in [-0.4, -0.2) is 23.7 Å². The average Bonchev–Trinajstić information content (AvgIpc) is 3.35. The molecule has 0 atom stereocenters. The molecule has 0 saturated carbocycles. The molecule has 1 aromatic heterocycles. The van der Waals surface area contributed by atoms with E-state index >= 15 is 0 Å². The van der Waals surface area contributed by atoms with E-state index in [1.165, 1.54) is 29.7 Å². The average molecular weight is 702 g/mol. The lowest BCUT2D eigenvalue weighted by Crippen LogP contribution is -2.20. The Bertz CT molecular complexity index is 1600. The van der Waals surface area contributed by atoms with E-state index in [1.807, 2.05) is 6.92 Å². The zero-order chi connectivity index (χ0) is 30.3. The van der Waals surface area contributed by atoms with Crippen LogP contribution in [0, 0.1) is 0 Å². The van der Waals surface area contributed by atoms with Crippen LogP contribution in [0.4, 0.5) is 24.0 Å². The van der Waals surface area contributed by atoms with Crippen molar-refractivity contribution in [3.63, 3.8) is 0 Å². The van der Waals surface area contributed by atoms with Gasteiger partial charge in [0.25, 0.3) is 0 Å². The van der Waals surface area contributed by atoms with Crippen molar-refractivity contribution in [3.05, 3.63) is 96.9 Å². The number of aromatic nitrogens is 1. The topological polar surface area (TPSA) is 84.8 Å². The van der Waals surface area contributed by atoms with Crippen molar-refractivity contribution < 1.29 is 27.4 Å². The van der Waals surface area contributed by atoms with Crippen molar-refractivity contribution in [3.8, 4) is 11.5 Å². The van der Waals surface area contributed by atoms with Gasteiger partial charge in [-0.1, -0.05) is 35.3 Å². The van der Waals surface area contributed by atoms with Gasteiger partial charge in [-0.05, 0) is 70.9 Å². The Balaban J connectivity index is 1.35. The lowest BCUT2D eigenvalue weighted by molar-refractivity contribution is -0.137. The third-order valence-electron chi connectivity index (χ3n) is 5.46. The third kappa shape index (κ3) is 8.84. The summed E-state index contributed by atoms with van der Waals surface area (Å²) in [4.78, 5) is 16.7. The highest BCUT2D eigenvalue weighted by Crippen LogP contribution is 2.38. The fourth-order valence-electron chi connectivity index (χ4n) is 3.58. The standard InChI is InChI=1S/C28H22BrCl2F3N4O3S/c1-2-40-24-9-16(8-22(29)26(24)41-14-17-6-7-19(30)11-23(17)31)13-35-38-25(39)12-21-15-42-27(37-21)36-20-5-3-4-18(10-20)28(32,33)34/h3-11,13,15H,2,12,14H2,1H3,(H,36,37)(H,38,39)/b35-13-. The fourth-order valence-corrected chi connectivity index (χ4v) is 5.35. The second-order valence-electron chi connectivity index (χ2n) is 8.60. The zero-order valence-corrected chi connectivity index (χ0v) is 25.7. The number of amides is 1. The molecule has 220 valence electrons. The molecule has 0 aliphatic rings. The Hall–Kier alpha value is -3.32. The molecule has 1 amide bonds. The number of ether oxygens (including phenoxy) is 2. The first kappa shape index (κ1) is 31.6. The molecule has 0 bridgehead atoms. The van der Waals surface area contributed by atoms with Crippen molar-refractivity contribution in [1.82, 2.24) is 10.4 Å². The summed E-state index contributed by atoms with van der Waals surface area (Å²) in [5.41, 5.74) is 3.73. The van der Waals surface area contributed by atoms with Crippen LogP contribution >= 0.6 is 50.5 Å². The van der Waals surface area contributed by atoms with Crippen LogP contribution in [0.15, 0.2) is 69.6 Å². The molecule has 0 unspecified atom stereocenters.